The maximum atomic E-state index is 12.4. The Kier molecular flexibility index (Phi) is 4.29. The van der Waals surface area contributed by atoms with Crippen LogP contribution in [0.4, 0.5) is 0 Å². The van der Waals surface area contributed by atoms with Gasteiger partial charge in [0.2, 0.25) is 5.91 Å². The first kappa shape index (κ1) is 15.5. The van der Waals surface area contributed by atoms with Gasteiger partial charge in [-0.15, -0.1) is 11.3 Å². The molecule has 0 aliphatic carbocycles. The van der Waals surface area contributed by atoms with E-state index in [0.29, 0.717) is 12.2 Å². The van der Waals surface area contributed by atoms with Crippen molar-refractivity contribution in [2.24, 2.45) is 5.10 Å². The SMILES string of the molecule is Cc1ccc([C@@H]2CC(c3cccs3)=NN2C(=O)CCC(=O)O)o1. The van der Waals surface area contributed by atoms with Crippen LogP contribution in [0.1, 0.15) is 41.7 Å². The van der Waals surface area contributed by atoms with Gasteiger partial charge >= 0.3 is 5.97 Å². The van der Waals surface area contributed by atoms with E-state index in [1.165, 1.54) is 5.01 Å². The summed E-state index contributed by atoms with van der Waals surface area (Å²) in [5.74, 6) is 0.132. The van der Waals surface area contributed by atoms with Gasteiger partial charge in [0.1, 0.15) is 17.6 Å². The lowest BCUT2D eigenvalue weighted by Crippen LogP contribution is -2.27. The minimum atomic E-state index is -0.995. The monoisotopic (exact) mass is 332 g/mol. The molecule has 3 rings (SSSR count). The number of amides is 1. The molecule has 3 heterocycles. The molecule has 6 nitrogen and oxygen atoms in total. The van der Waals surface area contributed by atoms with Gasteiger partial charge in [0.15, 0.2) is 0 Å². The van der Waals surface area contributed by atoms with E-state index in [9.17, 15) is 9.59 Å². The largest absolute Gasteiger partial charge is 0.481 e. The van der Waals surface area contributed by atoms with Crippen molar-refractivity contribution in [3.63, 3.8) is 0 Å². The number of furan rings is 1. The van der Waals surface area contributed by atoms with Crippen molar-refractivity contribution in [3.05, 3.63) is 46.0 Å². The maximum Gasteiger partial charge on any atom is 0.303 e. The zero-order chi connectivity index (χ0) is 16.4. The Bertz CT molecular complexity index is 748. The summed E-state index contributed by atoms with van der Waals surface area (Å²) in [6.45, 7) is 1.84. The Morgan fingerprint density at radius 2 is 2.22 bits per heavy atom. The Labute approximate surface area is 137 Å². The maximum absolute atomic E-state index is 12.4. The van der Waals surface area contributed by atoms with Crippen molar-refractivity contribution >= 4 is 28.9 Å². The molecule has 0 fully saturated rings. The molecule has 23 heavy (non-hydrogen) atoms. The second kappa shape index (κ2) is 6.37. The number of hydrazone groups is 1. The number of carbonyl (C=O) groups is 2. The number of carbonyl (C=O) groups excluding carboxylic acids is 1. The Morgan fingerprint density at radius 1 is 1.39 bits per heavy atom. The highest BCUT2D eigenvalue weighted by Gasteiger charge is 2.35. The predicted octanol–water partition coefficient (Wildman–Crippen LogP) is 3.19. The van der Waals surface area contributed by atoms with E-state index >= 15 is 0 Å². The number of aryl methyl sites for hydroxylation is 1. The van der Waals surface area contributed by atoms with Crippen molar-refractivity contribution in [1.82, 2.24) is 5.01 Å². The van der Waals surface area contributed by atoms with Crippen molar-refractivity contribution in [2.75, 3.05) is 0 Å². The van der Waals surface area contributed by atoms with Crippen molar-refractivity contribution in [1.29, 1.82) is 0 Å². The van der Waals surface area contributed by atoms with Gasteiger partial charge < -0.3 is 9.52 Å². The summed E-state index contributed by atoms with van der Waals surface area (Å²) in [5.41, 5.74) is 0.822. The van der Waals surface area contributed by atoms with Gasteiger partial charge in [0, 0.05) is 12.8 Å². The fourth-order valence-electron chi connectivity index (χ4n) is 2.51. The molecule has 0 radical (unpaired) electrons. The molecule has 2 aromatic heterocycles. The fraction of sp³-hybridized carbons (Fsp3) is 0.312. The third-order valence-electron chi connectivity index (χ3n) is 3.61. The lowest BCUT2D eigenvalue weighted by atomic mass is 10.1. The van der Waals surface area contributed by atoms with Crippen LogP contribution in [-0.4, -0.2) is 27.7 Å². The number of carboxylic acid groups (broad SMARTS) is 1. The van der Waals surface area contributed by atoms with Crippen molar-refractivity contribution in [2.45, 2.75) is 32.2 Å². The zero-order valence-corrected chi connectivity index (χ0v) is 13.4. The molecule has 0 aromatic carbocycles. The van der Waals surface area contributed by atoms with Crippen LogP contribution in [0, 0.1) is 6.92 Å². The normalized spacial score (nSPS) is 17.3. The summed E-state index contributed by atoms with van der Waals surface area (Å²) in [5, 5.41) is 16.5. The van der Waals surface area contributed by atoms with Crippen LogP contribution in [0.5, 0.6) is 0 Å². The van der Waals surface area contributed by atoms with E-state index < -0.39 is 5.97 Å². The molecule has 1 atom stereocenters. The van der Waals surface area contributed by atoms with Crippen LogP contribution in [-0.2, 0) is 9.59 Å². The number of hydrogen-bond donors (Lipinski definition) is 1. The molecule has 0 spiro atoms. The van der Waals surface area contributed by atoms with Gasteiger partial charge in [-0.3, -0.25) is 9.59 Å². The van der Waals surface area contributed by atoms with Crippen LogP contribution in [0.25, 0.3) is 0 Å². The zero-order valence-electron chi connectivity index (χ0n) is 12.6. The number of thiophene rings is 1. The van der Waals surface area contributed by atoms with Crippen LogP contribution in [0.3, 0.4) is 0 Å². The molecule has 2 aromatic rings. The molecule has 120 valence electrons. The first-order chi connectivity index (χ1) is 11.0. The van der Waals surface area contributed by atoms with E-state index in [1.807, 2.05) is 36.6 Å². The summed E-state index contributed by atoms with van der Waals surface area (Å²) in [6, 6.07) is 7.26. The van der Waals surface area contributed by atoms with E-state index in [2.05, 4.69) is 5.10 Å². The first-order valence-electron chi connectivity index (χ1n) is 7.26. The lowest BCUT2D eigenvalue weighted by Gasteiger charge is -2.19. The standard InChI is InChI=1S/C16H16N2O4S/c1-10-4-5-13(22-10)12-9-11(14-3-2-8-23-14)17-18(12)15(19)6-7-16(20)21/h2-5,8,12H,6-7,9H2,1H3,(H,20,21)/t12-/m0/s1. The highest BCUT2D eigenvalue weighted by molar-refractivity contribution is 7.12. The number of carboxylic acids is 1. The van der Waals surface area contributed by atoms with Gasteiger partial charge in [-0.25, -0.2) is 5.01 Å². The second-order valence-electron chi connectivity index (χ2n) is 5.32. The molecule has 1 aliphatic rings. The molecule has 1 amide bonds. The van der Waals surface area contributed by atoms with Gasteiger partial charge in [0.05, 0.1) is 17.0 Å². The predicted molar refractivity (Wildman–Crippen MR) is 85.4 cm³/mol. The van der Waals surface area contributed by atoms with Crippen LogP contribution >= 0.6 is 11.3 Å². The van der Waals surface area contributed by atoms with E-state index in [-0.39, 0.29) is 24.8 Å². The van der Waals surface area contributed by atoms with Gasteiger partial charge in [-0.1, -0.05) is 6.07 Å². The molecule has 1 N–H and O–H groups in total. The highest BCUT2D eigenvalue weighted by atomic mass is 32.1. The van der Waals surface area contributed by atoms with E-state index in [1.54, 1.807) is 11.3 Å². The Morgan fingerprint density at radius 3 is 2.83 bits per heavy atom. The van der Waals surface area contributed by atoms with Crippen LogP contribution < -0.4 is 0 Å². The van der Waals surface area contributed by atoms with Crippen molar-refractivity contribution < 1.29 is 19.1 Å². The molecular weight excluding hydrogens is 316 g/mol. The molecule has 0 saturated carbocycles. The average molecular weight is 332 g/mol. The molecular formula is C16H16N2O4S. The quantitative estimate of drug-likeness (QED) is 0.911. The summed E-state index contributed by atoms with van der Waals surface area (Å²) < 4.78 is 5.66. The Balaban J connectivity index is 1.86. The average Bonchev–Trinajstić information content (AvgIpc) is 3.23. The minimum Gasteiger partial charge on any atom is -0.481 e. The molecule has 0 unspecified atom stereocenters. The van der Waals surface area contributed by atoms with E-state index in [0.717, 1.165) is 16.3 Å². The summed E-state index contributed by atoms with van der Waals surface area (Å²) >= 11 is 1.56. The van der Waals surface area contributed by atoms with Crippen LogP contribution in [0.2, 0.25) is 0 Å². The highest BCUT2D eigenvalue weighted by Crippen LogP contribution is 2.35. The van der Waals surface area contributed by atoms with Gasteiger partial charge in [-0.2, -0.15) is 5.10 Å². The molecule has 0 bridgehead atoms. The third kappa shape index (κ3) is 3.34. The van der Waals surface area contributed by atoms with Crippen molar-refractivity contribution in [3.8, 4) is 0 Å². The molecule has 0 saturated heterocycles. The van der Waals surface area contributed by atoms with Crippen LogP contribution in [0.15, 0.2) is 39.2 Å². The molecule has 7 heteroatoms. The lowest BCUT2D eigenvalue weighted by molar-refractivity contribution is -0.141. The number of aliphatic carboxylic acids is 1. The van der Waals surface area contributed by atoms with Gasteiger partial charge in [0.25, 0.3) is 0 Å². The summed E-state index contributed by atoms with van der Waals surface area (Å²) in [4.78, 5) is 24.1. The minimum absolute atomic E-state index is 0.0766. The number of rotatable bonds is 5. The van der Waals surface area contributed by atoms with E-state index in [4.69, 9.17) is 9.52 Å². The fourth-order valence-corrected chi connectivity index (χ4v) is 3.24. The van der Waals surface area contributed by atoms with Gasteiger partial charge in [-0.05, 0) is 30.5 Å². The number of hydrogen-bond acceptors (Lipinski definition) is 5. The third-order valence-corrected chi connectivity index (χ3v) is 4.53. The topological polar surface area (TPSA) is 83.1 Å². The summed E-state index contributed by atoms with van der Waals surface area (Å²) in [7, 11) is 0. The molecule has 1 aliphatic heterocycles. The second-order valence-corrected chi connectivity index (χ2v) is 6.27. The Hall–Kier alpha value is -2.41. The summed E-state index contributed by atoms with van der Waals surface area (Å²) in [6.07, 6.45) is 0.280. The first-order valence-corrected chi connectivity index (χ1v) is 8.14. The number of nitrogens with zero attached hydrogens (tertiary/aromatic N) is 2. The smallest absolute Gasteiger partial charge is 0.303 e.